The summed E-state index contributed by atoms with van der Waals surface area (Å²) in [5.74, 6) is 1.33. The van der Waals surface area contributed by atoms with Crippen molar-refractivity contribution in [2.75, 3.05) is 38.7 Å². The van der Waals surface area contributed by atoms with Crippen LogP contribution < -0.4 is 20.1 Å². The van der Waals surface area contributed by atoms with Crippen molar-refractivity contribution >= 4 is 11.4 Å². The minimum absolute atomic E-state index is 0.00547. The number of nitro benzene ring substituents is 1. The summed E-state index contributed by atoms with van der Waals surface area (Å²) >= 11 is 0. The number of nitrogens with zero attached hydrogens (tertiary/aromatic N) is 1. The van der Waals surface area contributed by atoms with Gasteiger partial charge in [-0.15, -0.1) is 0 Å². The highest BCUT2D eigenvalue weighted by Crippen LogP contribution is 2.39. The van der Waals surface area contributed by atoms with Crippen molar-refractivity contribution in [1.82, 2.24) is 5.32 Å². The first-order valence-corrected chi connectivity index (χ1v) is 6.58. The number of rotatable bonds is 6. The Kier molecular flexibility index (Phi) is 4.62. The maximum Gasteiger partial charge on any atom is 0.296 e. The van der Waals surface area contributed by atoms with E-state index < -0.39 is 4.92 Å². The van der Waals surface area contributed by atoms with E-state index in [9.17, 15) is 10.1 Å². The second-order valence-corrected chi connectivity index (χ2v) is 4.81. The minimum atomic E-state index is -0.413. The molecule has 0 saturated carbocycles. The van der Waals surface area contributed by atoms with E-state index in [1.54, 1.807) is 6.07 Å². The van der Waals surface area contributed by atoms with Gasteiger partial charge in [0.1, 0.15) is 18.9 Å². The van der Waals surface area contributed by atoms with E-state index in [0.29, 0.717) is 42.9 Å². The molecule has 7 heteroatoms. The second kappa shape index (κ2) is 6.42. The zero-order valence-corrected chi connectivity index (χ0v) is 11.6. The minimum Gasteiger partial charge on any atom is -0.486 e. The zero-order valence-electron chi connectivity index (χ0n) is 11.6. The van der Waals surface area contributed by atoms with Crippen LogP contribution in [0.15, 0.2) is 12.1 Å². The van der Waals surface area contributed by atoms with Gasteiger partial charge >= 0.3 is 0 Å². The lowest BCUT2D eigenvalue weighted by Crippen LogP contribution is -2.23. The van der Waals surface area contributed by atoms with Crippen LogP contribution in [0.25, 0.3) is 0 Å². The molecule has 7 nitrogen and oxygen atoms in total. The van der Waals surface area contributed by atoms with Gasteiger partial charge in [0.05, 0.1) is 11.0 Å². The summed E-state index contributed by atoms with van der Waals surface area (Å²) in [5, 5.41) is 17.3. The van der Waals surface area contributed by atoms with Crippen molar-refractivity contribution < 1.29 is 14.4 Å². The van der Waals surface area contributed by atoms with Gasteiger partial charge in [0.2, 0.25) is 0 Å². The van der Waals surface area contributed by atoms with Gasteiger partial charge in [-0.3, -0.25) is 10.1 Å². The number of nitrogens with one attached hydrogen (secondary N) is 2. The van der Waals surface area contributed by atoms with Gasteiger partial charge in [0.25, 0.3) is 5.69 Å². The van der Waals surface area contributed by atoms with Crippen LogP contribution in [-0.2, 0) is 0 Å². The Hall–Kier alpha value is -2.02. The number of fused-ring (bicyclic) bond motifs is 1. The lowest BCUT2D eigenvalue weighted by atomic mass is 10.1. The molecular formula is C13H19N3O4. The summed E-state index contributed by atoms with van der Waals surface area (Å²) < 4.78 is 10.8. The average molecular weight is 281 g/mol. The van der Waals surface area contributed by atoms with Crippen LogP contribution in [0.3, 0.4) is 0 Å². The highest BCUT2D eigenvalue weighted by atomic mass is 16.6. The molecule has 110 valence electrons. The fourth-order valence-electron chi connectivity index (χ4n) is 2.08. The van der Waals surface area contributed by atoms with Crippen molar-refractivity contribution in [3.63, 3.8) is 0 Å². The van der Waals surface area contributed by atoms with E-state index in [4.69, 9.17) is 9.47 Å². The normalized spacial score (nSPS) is 14.7. The molecule has 2 N–H and O–H groups in total. The summed E-state index contributed by atoms with van der Waals surface area (Å²) in [6.45, 7) is 4.41. The van der Waals surface area contributed by atoms with Crippen LogP contribution in [0, 0.1) is 16.0 Å². The fourth-order valence-corrected chi connectivity index (χ4v) is 2.08. The van der Waals surface area contributed by atoms with Crippen LogP contribution in [0.2, 0.25) is 0 Å². The molecule has 0 aromatic heterocycles. The largest absolute Gasteiger partial charge is 0.486 e. The number of hydrogen-bond acceptors (Lipinski definition) is 6. The maximum absolute atomic E-state index is 11.1. The molecule has 0 spiro atoms. The van der Waals surface area contributed by atoms with E-state index in [2.05, 4.69) is 17.6 Å². The molecule has 0 amide bonds. The first kappa shape index (κ1) is 14.4. The molecule has 1 atom stereocenters. The summed E-state index contributed by atoms with van der Waals surface area (Å²) in [7, 11) is 1.88. The molecular weight excluding hydrogens is 262 g/mol. The van der Waals surface area contributed by atoms with Gasteiger partial charge in [-0.2, -0.15) is 0 Å². The molecule has 0 bridgehead atoms. The van der Waals surface area contributed by atoms with Crippen LogP contribution >= 0.6 is 0 Å². The molecule has 1 aromatic rings. The highest BCUT2D eigenvalue weighted by molar-refractivity contribution is 5.68. The average Bonchev–Trinajstić information content (AvgIpc) is 2.44. The third kappa shape index (κ3) is 3.30. The molecule has 0 radical (unpaired) electrons. The Labute approximate surface area is 117 Å². The lowest BCUT2D eigenvalue weighted by Gasteiger charge is -2.20. The van der Waals surface area contributed by atoms with E-state index in [0.717, 1.165) is 6.54 Å². The van der Waals surface area contributed by atoms with Crippen molar-refractivity contribution in [3.8, 4) is 11.5 Å². The van der Waals surface area contributed by atoms with Crippen LogP contribution in [0.1, 0.15) is 6.92 Å². The van der Waals surface area contributed by atoms with Gasteiger partial charge in [-0.05, 0) is 19.5 Å². The van der Waals surface area contributed by atoms with Gasteiger partial charge in [-0.1, -0.05) is 6.92 Å². The Morgan fingerprint density at radius 1 is 1.30 bits per heavy atom. The monoisotopic (exact) mass is 281 g/mol. The van der Waals surface area contributed by atoms with Gasteiger partial charge < -0.3 is 20.1 Å². The quantitative estimate of drug-likeness (QED) is 0.609. The highest BCUT2D eigenvalue weighted by Gasteiger charge is 2.22. The summed E-state index contributed by atoms with van der Waals surface area (Å²) in [6.07, 6.45) is 0. The molecule has 1 aliphatic heterocycles. The van der Waals surface area contributed by atoms with Crippen molar-refractivity contribution in [2.45, 2.75) is 6.92 Å². The molecule has 1 unspecified atom stereocenters. The first-order valence-electron chi connectivity index (χ1n) is 6.58. The predicted octanol–water partition coefficient (Wildman–Crippen LogP) is 1.63. The number of hydrogen-bond donors (Lipinski definition) is 2. The summed E-state index contributed by atoms with van der Waals surface area (Å²) in [6, 6.07) is 3.05. The van der Waals surface area contributed by atoms with E-state index >= 15 is 0 Å². The maximum atomic E-state index is 11.1. The Morgan fingerprint density at radius 2 is 1.95 bits per heavy atom. The van der Waals surface area contributed by atoms with Crippen LogP contribution in [-0.4, -0.2) is 38.3 Å². The molecule has 1 aliphatic rings. The van der Waals surface area contributed by atoms with Crippen molar-refractivity contribution in [1.29, 1.82) is 0 Å². The molecule has 20 heavy (non-hydrogen) atoms. The molecule has 0 fully saturated rings. The molecule has 0 aliphatic carbocycles. The van der Waals surface area contributed by atoms with Crippen molar-refractivity contribution in [3.05, 3.63) is 22.2 Å². The van der Waals surface area contributed by atoms with Gasteiger partial charge in [-0.25, -0.2) is 0 Å². The number of ether oxygens (including phenoxy) is 2. The molecule has 1 heterocycles. The molecule has 1 aromatic carbocycles. The third-order valence-corrected chi connectivity index (χ3v) is 3.05. The van der Waals surface area contributed by atoms with E-state index in [-0.39, 0.29) is 5.69 Å². The topological polar surface area (TPSA) is 85.7 Å². The smallest absolute Gasteiger partial charge is 0.296 e. The standard InChI is InChI=1S/C13H19N3O4/c1-9(7-14-2)8-15-10-5-12-13(20-4-3-19-12)6-11(10)16(17)18/h5-6,9,14-15H,3-4,7-8H2,1-2H3. The van der Waals surface area contributed by atoms with Crippen molar-refractivity contribution in [2.24, 2.45) is 5.92 Å². The van der Waals surface area contributed by atoms with Crippen LogP contribution in [0.4, 0.5) is 11.4 Å². The summed E-state index contributed by atoms with van der Waals surface area (Å²) in [5.41, 5.74) is 0.466. The fraction of sp³-hybridized carbons (Fsp3) is 0.538. The second-order valence-electron chi connectivity index (χ2n) is 4.81. The molecule has 2 rings (SSSR count). The van der Waals surface area contributed by atoms with Gasteiger partial charge in [0, 0.05) is 12.6 Å². The Morgan fingerprint density at radius 3 is 2.55 bits per heavy atom. The number of anilines is 1. The summed E-state index contributed by atoms with van der Waals surface area (Å²) in [4.78, 5) is 10.7. The third-order valence-electron chi connectivity index (χ3n) is 3.05. The zero-order chi connectivity index (χ0) is 14.5. The first-order chi connectivity index (χ1) is 9.61. The number of benzene rings is 1. The predicted molar refractivity (Wildman–Crippen MR) is 75.7 cm³/mol. The van der Waals surface area contributed by atoms with E-state index in [1.165, 1.54) is 6.07 Å². The Balaban J connectivity index is 2.19. The van der Waals surface area contributed by atoms with E-state index in [1.807, 2.05) is 7.05 Å². The van der Waals surface area contributed by atoms with Gasteiger partial charge in [0.15, 0.2) is 11.5 Å². The SMILES string of the molecule is CNCC(C)CNc1cc2c(cc1[N+](=O)[O-])OCCO2. The lowest BCUT2D eigenvalue weighted by molar-refractivity contribution is -0.384. The Bertz CT molecular complexity index is 493. The number of nitro groups is 1. The van der Waals surface area contributed by atoms with Crippen LogP contribution in [0.5, 0.6) is 11.5 Å². The molecule has 0 saturated heterocycles.